The molecule has 25 heteroatoms. The molecule has 2 aliphatic carbocycles. The number of aliphatic hydroxyl groups is 9. The van der Waals surface area contributed by atoms with Gasteiger partial charge in [0.05, 0.1) is 60.9 Å². The van der Waals surface area contributed by atoms with E-state index in [2.05, 4.69) is 0 Å². The van der Waals surface area contributed by atoms with Gasteiger partial charge in [-0.3, -0.25) is 0 Å². The Balaban J connectivity index is 1.19. The Labute approximate surface area is 354 Å². The number of carbonyl (C=O) groups is 4. The van der Waals surface area contributed by atoms with Crippen molar-refractivity contribution in [2.45, 2.75) is 86.2 Å². The Morgan fingerprint density at radius 2 is 1.07 bits per heavy atom. The Morgan fingerprint density at radius 3 is 1.54 bits per heavy atom. The van der Waals surface area contributed by atoms with Crippen LogP contribution >= 0.6 is 23.5 Å². The maximum Gasteiger partial charge on any atom is 0.367 e. The minimum absolute atomic E-state index is 0.172. The number of carboxylic acid groups (broad SMARTS) is 1. The first-order valence-electron chi connectivity index (χ1n) is 18.6. The maximum absolute atomic E-state index is 13.9. The fraction of sp³-hybridized carbons (Fsp3) is 0.667. The number of esters is 1. The molecule has 0 aromatic carbocycles. The van der Waals surface area contributed by atoms with E-state index >= 15 is 0 Å². The lowest BCUT2D eigenvalue weighted by atomic mass is 9.82. The van der Waals surface area contributed by atoms with Crippen LogP contribution in [0.3, 0.4) is 0 Å². The van der Waals surface area contributed by atoms with Gasteiger partial charge in [-0.15, -0.1) is 0 Å². The molecule has 0 saturated carbocycles. The molecule has 2 saturated heterocycles. The van der Waals surface area contributed by atoms with Crippen molar-refractivity contribution in [2.24, 2.45) is 23.7 Å². The average Bonchev–Trinajstić information content (AvgIpc) is 3.77. The molecule has 0 aromatic heterocycles. The first kappa shape index (κ1) is 47.1. The van der Waals surface area contributed by atoms with Gasteiger partial charge in [0.2, 0.25) is 12.6 Å². The van der Waals surface area contributed by atoms with Gasteiger partial charge in [0.1, 0.15) is 55.9 Å². The summed E-state index contributed by atoms with van der Waals surface area (Å²) in [6.45, 7) is -2.55. The number of fused-ring (bicyclic) bond motifs is 2. The van der Waals surface area contributed by atoms with Crippen molar-refractivity contribution in [3.8, 4) is 0 Å². The average molecular weight is 911 g/mol. The third-order valence-corrected chi connectivity index (χ3v) is 12.0. The highest BCUT2D eigenvalue weighted by atomic mass is 32.2. The van der Waals surface area contributed by atoms with Gasteiger partial charge in [-0.05, 0) is 47.2 Å². The highest BCUT2D eigenvalue weighted by Gasteiger charge is 2.56. The molecule has 18 atom stereocenters. The molecule has 340 valence electrons. The van der Waals surface area contributed by atoms with Crippen LogP contribution in [-0.4, -0.2) is 199 Å². The fourth-order valence-corrected chi connectivity index (χ4v) is 8.41. The largest absolute Gasteiger partial charge is 0.478 e. The lowest BCUT2D eigenvalue weighted by molar-refractivity contribution is -0.342. The van der Waals surface area contributed by atoms with Gasteiger partial charge in [0.25, 0.3) is 0 Å². The fourth-order valence-electron chi connectivity index (χ4n) is 8.05. The SMILES string of the molecule is CSC(=O)OCC1=C[C@@H](O)[C@@H]2C(C(=O)O)=CO[C@@H](O[C@@H]3O[C@H](CO)[C@@H](OC(=O)C4=CO[C@@H](O[C@@H]5O[C@H](CO)[C@@H](O)[C@H](O)[C@H]5O)[C@@H]5C(COC(=O)SC)=C[C@@H](O)[C@H]45)[C@H](O)[C@H]3O)[C@H]12. The normalized spacial score (nSPS) is 40.4. The minimum atomic E-state index is -2.05. The van der Waals surface area contributed by atoms with Crippen LogP contribution in [0.4, 0.5) is 9.59 Å². The van der Waals surface area contributed by atoms with Crippen molar-refractivity contribution in [3.05, 3.63) is 47.0 Å². The molecule has 0 radical (unpaired) electrons. The van der Waals surface area contributed by atoms with E-state index < -0.39 is 159 Å². The van der Waals surface area contributed by atoms with Crippen molar-refractivity contribution in [1.82, 2.24) is 0 Å². The molecule has 0 bridgehead atoms. The third kappa shape index (κ3) is 9.60. The summed E-state index contributed by atoms with van der Waals surface area (Å²) in [6.07, 6.45) is -16.7. The monoisotopic (exact) mass is 910 g/mol. The van der Waals surface area contributed by atoms with E-state index in [1.807, 2.05) is 0 Å². The Morgan fingerprint density at radius 1 is 0.607 bits per heavy atom. The van der Waals surface area contributed by atoms with Crippen LogP contribution < -0.4 is 0 Å². The maximum atomic E-state index is 13.9. The van der Waals surface area contributed by atoms with Gasteiger partial charge in [-0.25, -0.2) is 19.2 Å². The smallest absolute Gasteiger partial charge is 0.367 e. The van der Waals surface area contributed by atoms with Crippen molar-refractivity contribution in [2.75, 3.05) is 38.9 Å². The summed E-state index contributed by atoms with van der Waals surface area (Å²) in [6, 6.07) is 0. The standard InChI is InChI=1S/C36H46O23S2/c1-60-35(49)53-7-11-3-15(39)21-13(29(46)47)9-51-31(19(11)21)59-34-27(45)25(43)28(18(6-38)56-34)57-30(48)14-10-52-32(58-33-26(44)24(42)23(41)17(5-37)55-33)20-12(4-16(40)22(14)20)8-54-36(50)61-2/h3-4,9-10,15-28,31-34,37-45H,5-8H2,1-2H3,(H,46,47)/t15-,16-,17-,18-,19-,20-,21+,22+,23-,24+,25-,26-,27-,28-,31+,32+,33+,34+/m1/s1. The summed E-state index contributed by atoms with van der Waals surface area (Å²) in [5.74, 6) is -7.45. The van der Waals surface area contributed by atoms with E-state index in [9.17, 15) is 70.2 Å². The number of hydrogen-bond donors (Lipinski definition) is 10. The quantitative estimate of drug-likeness (QED) is 0.0494. The van der Waals surface area contributed by atoms with Crippen LogP contribution in [0.2, 0.25) is 0 Å². The molecule has 23 nitrogen and oxygen atoms in total. The zero-order chi connectivity index (χ0) is 44.4. The molecule has 0 spiro atoms. The van der Waals surface area contributed by atoms with Gasteiger partial charge in [0.15, 0.2) is 18.7 Å². The summed E-state index contributed by atoms with van der Waals surface area (Å²) in [7, 11) is 0. The molecular weight excluding hydrogens is 865 g/mol. The number of aliphatic hydroxyl groups excluding tert-OH is 9. The van der Waals surface area contributed by atoms with E-state index in [0.717, 1.165) is 36.0 Å². The predicted molar refractivity (Wildman–Crippen MR) is 199 cm³/mol. The number of carboxylic acids is 1. The van der Waals surface area contributed by atoms with Crippen molar-refractivity contribution in [1.29, 1.82) is 0 Å². The molecule has 10 N–H and O–H groups in total. The lowest BCUT2D eigenvalue weighted by Crippen LogP contribution is -2.61. The van der Waals surface area contributed by atoms with Gasteiger partial charge < -0.3 is 93.7 Å². The second kappa shape index (κ2) is 20.0. The topological polar surface area (TPSA) is 354 Å². The van der Waals surface area contributed by atoms with Gasteiger partial charge in [0, 0.05) is 11.8 Å². The molecular formula is C36H46O23S2. The second-order valence-electron chi connectivity index (χ2n) is 14.6. The molecule has 6 rings (SSSR count). The third-order valence-electron chi connectivity index (χ3n) is 11.1. The van der Waals surface area contributed by atoms with Crippen LogP contribution in [0.25, 0.3) is 0 Å². The summed E-state index contributed by atoms with van der Waals surface area (Å²) in [5, 5.41) is 104. The summed E-state index contributed by atoms with van der Waals surface area (Å²) < 4.78 is 50.1. The van der Waals surface area contributed by atoms with E-state index in [4.69, 9.17) is 42.6 Å². The van der Waals surface area contributed by atoms with Gasteiger partial charge in [-0.2, -0.15) is 0 Å². The van der Waals surface area contributed by atoms with Gasteiger partial charge >= 0.3 is 22.5 Å². The number of thioether (sulfide) groups is 2. The highest BCUT2D eigenvalue weighted by molar-refractivity contribution is 8.12. The van der Waals surface area contributed by atoms with Crippen LogP contribution in [0, 0.1) is 23.7 Å². The van der Waals surface area contributed by atoms with Crippen molar-refractivity contribution < 1.29 is 113 Å². The van der Waals surface area contributed by atoms with Crippen LogP contribution in [0.15, 0.2) is 47.0 Å². The molecule has 2 fully saturated rings. The Bertz CT molecular complexity index is 1770. The molecule has 0 amide bonds. The summed E-state index contributed by atoms with van der Waals surface area (Å²) in [4.78, 5) is 49.8. The van der Waals surface area contributed by atoms with Crippen LogP contribution in [0.1, 0.15) is 0 Å². The lowest BCUT2D eigenvalue weighted by Gasteiger charge is -2.44. The number of ether oxygens (including phenoxy) is 9. The predicted octanol–water partition coefficient (Wildman–Crippen LogP) is -3.20. The van der Waals surface area contributed by atoms with E-state index in [1.165, 1.54) is 24.7 Å². The molecule has 6 aliphatic rings. The number of carbonyl (C=O) groups excluding carboxylic acids is 3. The molecule has 4 aliphatic heterocycles. The molecule has 4 heterocycles. The first-order valence-corrected chi connectivity index (χ1v) is 21.1. The van der Waals surface area contributed by atoms with E-state index in [1.54, 1.807) is 0 Å². The molecule has 61 heavy (non-hydrogen) atoms. The number of hydrogen-bond acceptors (Lipinski definition) is 24. The summed E-state index contributed by atoms with van der Waals surface area (Å²) in [5.41, 5.74) is -0.334. The van der Waals surface area contributed by atoms with Crippen molar-refractivity contribution in [3.63, 3.8) is 0 Å². The Hall–Kier alpha value is -3.38. The summed E-state index contributed by atoms with van der Waals surface area (Å²) >= 11 is 1.51. The van der Waals surface area contributed by atoms with Gasteiger partial charge in [-0.1, -0.05) is 12.2 Å². The zero-order valence-electron chi connectivity index (χ0n) is 32.1. The van der Waals surface area contributed by atoms with E-state index in [-0.39, 0.29) is 22.3 Å². The Kier molecular flexibility index (Phi) is 15.4. The minimum Gasteiger partial charge on any atom is -0.478 e. The number of rotatable bonds is 13. The zero-order valence-corrected chi connectivity index (χ0v) is 33.8. The van der Waals surface area contributed by atoms with E-state index in [0.29, 0.717) is 0 Å². The number of aliphatic carboxylic acids is 1. The molecule has 0 unspecified atom stereocenters. The second-order valence-corrected chi connectivity index (χ2v) is 16.0. The highest BCUT2D eigenvalue weighted by Crippen LogP contribution is 2.47. The van der Waals surface area contributed by atoms with Crippen LogP contribution in [-0.2, 0) is 52.2 Å². The van der Waals surface area contributed by atoms with Crippen LogP contribution in [0.5, 0.6) is 0 Å². The van der Waals surface area contributed by atoms with Crippen molar-refractivity contribution >= 4 is 46.1 Å². The first-order chi connectivity index (χ1) is 29.0. The molecule has 0 aromatic rings.